The first kappa shape index (κ1) is 12.1. The minimum Gasteiger partial charge on any atom is -0.381 e. The Bertz CT molecular complexity index is 447. The van der Waals surface area contributed by atoms with Crippen molar-refractivity contribution in [2.45, 2.75) is 24.9 Å². The van der Waals surface area contributed by atoms with Gasteiger partial charge in [-0.2, -0.15) is 0 Å². The SMILES string of the molecule is OC1(c2ccc(Br)c(Cl)c2F)C=CCCC1. The van der Waals surface area contributed by atoms with Crippen LogP contribution in [0.15, 0.2) is 28.8 Å². The molecule has 1 unspecified atom stereocenters. The van der Waals surface area contributed by atoms with E-state index in [9.17, 15) is 9.50 Å². The van der Waals surface area contributed by atoms with Crippen molar-refractivity contribution >= 4 is 27.5 Å². The minimum atomic E-state index is -1.22. The van der Waals surface area contributed by atoms with E-state index in [-0.39, 0.29) is 10.6 Å². The number of hydrogen-bond acceptors (Lipinski definition) is 1. The highest BCUT2D eigenvalue weighted by Crippen LogP contribution is 2.38. The molecule has 86 valence electrons. The Labute approximate surface area is 107 Å². The fourth-order valence-electron chi connectivity index (χ4n) is 1.94. The molecule has 1 aliphatic carbocycles. The molecule has 1 aromatic rings. The van der Waals surface area contributed by atoms with E-state index >= 15 is 0 Å². The summed E-state index contributed by atoms with van der Waals surface area (Å²) in [7, 11) is 0. The second-order valence-electron chi connectivity index (χ2n) is 3.94. The first-order valence-electron chi connectivity index (χ1n) is 5.09. The minimum absolute atomic E-state index is 0.0184. The number of allylic oxidation sites excluding steroid dienone is 1. The molecule has 1 aliphatic rings. The molecule has 16 heavy (non-hydrogen) atoms. The molecule has 0 heterocycles. The third kappa shape index (κ3) is 2.04. The monoisotopic (exact) mass is 304 g/mol. The summed E-state index contributed by atoms with van der Waals surface area (Å²) < 4.78 is 14.4. The standard InChI is InChI=1S/C12H11BrClFO/c13-9-5-4-8(11(15)10(9)14)12(16)6-2-1-3-7-12/h2,4-6,16H,1,3,7H2. The van der Waals surface area contributed by atoms with Gasteiger partial charge in [0.05, 0.1) is 5.02 Å². The van der Waals surface area contributed by atoms with Crippen molar-refractivity contribution in [1.82, 2.24) is 0 Å². The second kappa shape index (κ2) is 4.47. The molecule has 2 rings (SSSR count). The van der Waals surface area contributed by atoms with Gasteiger partial charge in [0.25, 0.3) is 0 Å². The van der Waals surface area contributed by atoms with Crippen LogP contribution in [-0.2, 0) is 5.60 Å². The molecule has 0 saturated heterocycles. The quantitative estimate of drug-likeness (QED) is 0.610. The molecule has 0 bridgehead atoms. The van der Waals surface area contributed by atoms with E-state index in [1.807, 2.05) is 6.08 Å². The topological polar surface area (TPSA) is 20.2 Å². The summed E-state index contributed by atoms with van der Waals surface area (Å²) in [5.41, 5.74) is -0.969. The third-order valence-electron chi connectivity index (χ3n) is 2.82. The lowest BCUT2D eigenvalue weighted by molar-refractivity contribution is 0.0688. The van der Waals surface area contributed by atoms with Crippen molar-refractivity contribution < 1.29 is 9.50 Å². The summed E-state index contributed by atoms with van der Waals surface area (Å²) in [6.07, 6.45) is 5.82. The Hall–Kier alpha value is -0.380. The van der Waals surface area contributed by atoms with Crippen LogP contribution in [0.5, 0.6) is 0 Å². The van der Waals surface area contributed by atoms with E-state index in [0.29, 0.717) is 10.9 Å². The van der Waals surface area contributed by atoms with Crippen LogP contribution in [-0.4, -0.2) is 5.11 Å². The molecule has 0 aliphatic heterocycles. The number of benzene rings is 1. The van der Waals surface area contributed by atoms with Crippen molar-refractivity contribution in [3.8, 4) is 0 Å². The largest absolute Gasteiger partial charge is 0.381 e. The van der Waals surface area contributed by atoms with E-state index in [0.717, 1.165) is 12.8 Å². The normalized spacial score (nSPS) is 24.8. The lowest BCUT2D eigenvalue weighted by atomic mass is 9.84. The maximum absolute atomic E-state index is 13.9. The van der Waals surface area contributed by atoms with Crippen molar-refractivity contribution in [1.29, 1.82) is 0 Å². The van der Waals surface area contributed by atoms with Crippen LogP contribution in [0.2, 0.25) is 5.02 Å². The van der Waals surface area contributed by atoms with E-state index in [4.69, 9.17) is 11.6 Å². The molecule has 0 spiro atoms. The number of halogens is 3. The summed E-state index contributed by atoms with van der Waals surface area (Å²) in [6.45, 7) is 0. The molecule has 0 aromatic heterocycles. The van der Waals surface area contributed by atoms with E-state index in [1.165, 1.54) is 0 Å². The Balaban J connectivity index is 2.52. The van der Waals surface area contributed by atoms with E-state index < -0.39 is 11.4 Å². The summed E-state index contributed by atoms with van der Waals surface area (Å²) in [5, 5.41) is 10.4. The smallest absolute Gasteiger partial charge is 0.149 e. The zero-order chi connectivity index (χ0) is 11.8. The highest BCUT2D eigenvalue weighted by Gasteiger charge is 2.31. The van der Waals surface area contributed by atoms with Gasteiger partial charge in [-0.3, -0.25) is 0 Å². The molecule has 4 heteroatoms. The van der Waals surface area contributed by atoms with Gasteiger partial charge in [-0.05, 0) is 41.3 Å². The Morgan fingerprint density at radius 3 is 2.81 bits per heavy atom. The predicted octanol–water partition coefficient (Wildman–Crippen LogP) is 4.17. The highest BCUT2D eigenvalue weighted by molar-refractivity contribution is 9.10. The van der Waals surface area contributed by atoms with Gasteiger partial charge in [0.15, 0.2) is 0 Å². The molecule has 1 aromatic carbocycles. The molecule has 0 saturated carbocycles. The molecule has 1 atom stereocenters. The lowest BCUT2D eigenvalue weighted by Gasteiger charge is -2.28. The molecular formula is C12H11BrClFO. The second-order valence-corrected chi connectivity index (χ2v) is 5.17. The van der Waals surface area contributed by atoms with Crippen molar-refractivity contribution in [3.63, 3.8) is 0 Å². The van der Waals surface area contributed by atoms with Gasteiger partial charge in [0, 0.05) is 10.0 Å². The zero-order valence-electron chi connectivity index (χ0n) is 8.51. The van der Waals surface area contributed by atoms with Crippen LogP contribution in [0.25, 0.3) is 0 Å². The van der Waals surface area contributed by atoms with Gasteiger partial charge >= 0.3 is 0 Å². The summed E-state index contributed by atoms with van der Waals surface area (Å²) in [4.78, 5) is 0. The molecule has 1 N–H and O–H groups in total. The molecule has 0 amide bonds. The summed E-state index contributed by atoms with van der Waals surface area (Å²) >= 11 is 8.96. The van der Waals surface area contributed by atoms with E-state index in [1.54, 1.807) is 18.2 Å². The van der Waals surface area contributed by atoms with Gasteiger partial charge in [-0.1, -0.05) is 29.8 Å². The average molecular weight is 306 g/mol. The van der Waals surface area contributed by atoms with Gasteiger partial charge in [-0.25, -0.2) is 4.39 Å². The maximum atomic E-state index is 13.9. The molecule has 0 radical (unpaired) electrons. The Kier molecular flexibility index (Phi) is 3.38. The summed E-state index contributed by atoms with van der Waals surface area (Å²) in [5.74, 6) is -0.551. The summed E-state index contributed by atoms with van der Waals surface area (Å²) in [6, 6.07) is 3.22. The first-order chi connectivity index (χ1) is 7.54. The van der Waals surface area contributed by atoms with Crippen molar-refractivity contribution in [2.75, 3.05) is 0 Å². The number of hydrogen-bond donors (Lipinski definition) is 1. The fourth-order valence-corrected chi connectivity index (χ4v) is 2.41. The van der Waals surface area contributed by atoms with Crippen LogP contribution in [0.3, 0.4) is 0 Å². The third-order valence-corrected chi connectivity index (χ3v) is 4.08. The Morgan fingerprint density at radius 1 is 1.44 bits per heavy atom. The highest BCUT2D eigenvalue weighted by atomic mass is 79.9. The number of rotatable bonds is 1. The van der Waals surface area contributed by atoms with Crippen LogP contribution >= 0.6 is 27.5 Å². The predicted molar refractivity (Wildman–Crippen MR) is 66.0 cm³/mol. The van der Waals surface area contributed by atoms with Crippen LogP contribution < -0.4 is 0 Å². The van der Waals surface area contributed by atoms with Crippen LogP contribution in [0.1, 0.15) is 24.8 Å². The van der Waals surface area contributed by atoms with Crippen molar-refractivity contribution in [2.24, 2.45) is 0 Å². The zero-order valence-corrected chi connectivity index (χ0v) is 10.9. The molecular weight excluding hydrogens is 294 g/mol. The van der Waals surface area contributed by atoms with Gasteiger partial charge in [-0.15, -0.1) is 0 Å². The molecule has 1 nitrogen and oxygen atoms in total. The van der Waals surface area contributed by atoms with Crippen LogP contribution in [0.4, 0.5) is 4.39 Å². The number of aliphatic hydroxyl groups is 1. The van der Waals surface area contributed by atoms with Gasteiger partial charge in [0.1, 0.15) is 11.4 Å². The van der Waals surface area contributed by atoms with Gasteiger partial charge < -0.3 is 5.11 Å². The maximum Gasteiger partial charge on any atom is 0.149 e. The fraction of sp³-hybridized carbons (Fsp3) is 0.333. The first-order valence-corrected chi connectivity index (χ1v) is 6.26. The van der Waals surface area contributed by atoms with Gasteiger partial charge in [0.2, 0.25) is 0 Å². The Morgan fingerprint density at radius 2 is 2.19 bits per heavy atom. The lowest BCUT2D eigenvalue weighted by Crippen LogP contribution is -2.26. The van der Waals surface area contributed by atoms with Crippen molar-refractivity contribution in [3.05, 3.63) is 45.2 Å². The van der Waals surface area contributed by atoms with Crippen LogP contribution in [0, 0.1) is 5.82 Å². The average Bonchev–Trinajstić information content (AvgIpc) is 2.27. The van der Waals surface area contributed by atoms with E-state index in [2.05, 4.69) is 15.9 Å². The molecule has 0 fully saturated rings.